The molecule has 2 aromatic rings. The van der Waals surface area contributed by atoms with E-state index in [2.05, 4.69) is 0 Å². The number of benzene rings is 2. The van der Waals surface area contributed by atoms with E-state index in [0.29, 0.717) is 29.2 Å². The standard InChI is InChI=1S/C18H17ClO3S/c1-23-15-8-4-13(5-9-15)18(21,16-10-11-22-17(16)20)12-2-6-14(19)7-3-12/h2-9,16,21H,10-11H2,1H3. The van der Waals surface area contributed by atoms with Crippen LogP contribution in [-0.2, 0) is 15.1 Å². The highest BCUT2D eigenvalue weighted by molar-refractivity contribution is 7.98. The lowest BCUT2D eigenvalue weighted by molar-refractivity contribution is -0.147. The monoisotopic (exact) mass is 348 g/mol. The maximum Gasteiger partial charge on any atom is 0.312 e. The molecule has 120 valence electrons. The molecule has 0 radical (unpaired) electrons. The van der Waals surface area contributed by atoms with E-state index in [1.165, 1.54) is 0 Å². The number of aliphatic hydroxyl groups is 1. The van der Waals surface area contributed by atoms with Gasteiger partial charge in [-0.25, -0.2) is 0 Å². The van der Waals surface area contributed by atoms with Crippen molar-refractivity contribution < 1.29 is 14.6 Å². The van der Waals surface area contributed by atoms with Crippen LogP contribution in [0.5, 0.6) is 0 Å². The summed E-state index contributed by atoms with van der Waals surface area (Å²) in [7, 11) is 0. The molecule has 0 aromatic heterocycles. The van der Waals surface area contributed by atoms with E-state index in [1.807, 2.05) is 30.5 Å². The number of rotatable bonds is 4. The molecule has 1 aliphatic heterocycles. The Morgan fingerprint density at radius 2 is 1.70 bits per heavy atom. The van der Waals surface area contributed by atoms with Crippen molar-refractivity contribution in [1.29, 1.82) is 0 Å². The molecule has 1 fully saturated rings. The molecule has 3 nitrogen and oxygen atoms in total. The Hall–Kier alpha value is -1.49. The predicted molar refractivity (Wildman–Crippen MR) is 91.7 cm³/mol. The van der Waals surface area contributed by atoms with Crippen LogP contribution < -0.4 is 0 Å². The van der Waals surface area contributed by atoms with E-state index >= 15 is 0 Å². The van der Waals surface area contributed by atoms with Crippen LogP contribution in [-0.4, -0.2) is 23.9 Å². The predicted octanol–water partition coefficient (Wildman–Crippen LogP) is 3.86. The van der Waals surface area contributed by atoms with Crippen molar-refractivity contribution in [3.8, 4) is 0 Å². The lowest BCUT2D eigenvalue weighted by Crippen LogP contribution is -2.39. The van der Waals surface area contributed by atoms with Gasteiger partial charge in [-0.3, -0.25) is 4.79 Å². The molecule has 0 aliphatic carbocycles. The van der Waals surface area contributed by atoms with Crippen LogP contribution in [0, 0.1) is 5.92 Å². The Labute approximate surface area is 144 Å². The number of cyclic esters (lactones) is 1. The Kier molecular flexibility index (Phi) is 4.67. The molecule has 2 unspecified atom stereocenters. The van der Waals surface area contributed by atoms with E-state index in [0.717, 1.165) is 4.90 Å². The molecule has 5 heteroatoms. The number of hydrogen-bond acceptors (Lipinski definition) is 4. The molecule has 2 atom stereocenters. The van der Waals surface area contributed by atoms with Crippen molar-refractivity contribution in [2.45, 2.75) is 16.9 Å². The molecule has 1 aliphatic rings. The summed E-state index contributed by atoms with van der Waals surface area (Å²) in [5, 5.41) is 12.1. The second kappa shape index (κ2) is 6.56. The summed E-state index contributed by atoms with van der Waals surface area (Å²) in [5.74, 6) is -0.986. The summed E-state index contributed by atoms with van der Waals surface area (Å²) in [5.41, 5.74) is -0.0983. The van der Waals surface area contributed by atoms with Crippen molar-refractivity contribution in [2.24, 2.45) is 5.92 Å². The van der Waals surface area contributed by atoms with Gasteiger partial charge in [0.2, 0.25) is 0 Å². The van der Waals surface area contributed by atoms with Crippen molar-refractivity contribution in [1.82, 2.24) is 0 Å². The van der Waals surface area contributed by atoms with E-state index in [9.17, 15) is 9.90 Å². The fourth-order valence-electron chi connectivity index (χ4n) is 2.99. The number of thioether (sulfide) groups is 1. The molecular weight excluding hydrogens is 332 g/mol. The molecule has 2 aromatic carbocycles. The molecule has 0 amide bonds. The van der Waals surface area contributed by atoms with E-state index < -0.39 is 11.5 Å². The van der Waals surface area contributed by atoms with Gasteiger partial charge in [-0.2, -0.15) is 0 Å². The van der Waals surface area contributed by atoms with Gasteiger partial charge < -0.3 is 9.84 Å². The maximum absolute atomic E-state index is 12.1. The minimum Gasteiger partial charge on any atom is -0.465 e. The maximum atomic E-state index is 12.1. The fraction of sp³-hybridized carbons (Fsp3) is 0.278. The first-order valence-corrected chi connectivity index (χ1v) is 8.95. The molecule has 1 saturated heterocycles. The zero-order valence-corrected chi connectivity index (χ0v) is 14.2. The van der Waals surface area contributed by atoms with Gasteiger partial charge in [-0.1, -0.05) is 35.9 Å². The number of carbonyl (C=O) groups is 1. The highest BCUT2D eigenvalue weighted by atomic mass is 35.5. The third-order valence-electron chi connectivity index (χ3n) is 4.25. The summed E-state index contributed by atoms with van der Waals surface area (Å²) < 4.78 is 5.09. The summed E-state index contributed by atoms with van der Waals surface area (Å²) in [6.45, 7) is 0.336. The third kappa shape index (κ3) is 2.99. The van der Waals surface area contributed by atoms with Crippen molar-refractivity contribution in [3.05, 3.63) is 64.7 Å². The average molecular weight is 349 g/mol. The quantitative estimate of drug-likeness (QED) is 0.673. The molecule has 1 N–H and O–H groups in total. The van der Waals surface area contributed by atoms with Crippen LogP contribution in [0.2, 0.25) is 5.02 Å². The first-order valence-electron chi connectivity index (χ1n) is 7.35. The topological polar surface area (TPSA) is 46.5 Å². The summed E-state index contributed by atoms with van der Waals surface area (Å²) in [6, 6.07) is 14.6. The Bertz CT molecular complexity index is 699. The van der Waals surface area contributed by atoms with Gasteiger partial charge in [0, 0.05) is 9.92 Å². The zero-order chi connectivity index (χ0) is 16.4. The first-order chi connectivity index (χ1) is 11.1. The normalized spacial score (nSPS) is 20.1. The van der Waals surface area contributed by atoms with Crippen LogP contribution in [0.25, 0.3) is 0 Å². The molecule has 1 heterocycles. The largest absolute Gasteiger partial charge is 0.465 e. The molecule has 3 rings (SSSR count). The van der Waals surface area contributed by atoms with Gasteiger partial charge in [-0.05, 0) is 48.1 Å². The van der Waals surface area contributed by atoms with Gasteiger partial charge >= 0.3 is 5.97 Å². The molecular formula is C18H17ClO3S. The molecule has 0 bridgehead atoms. The minimum atomic E-state index is -1.42. The molecule has 0 saturated carbocycles. The van der Waals surface area contributed by atoms with Crippen LogP contribution in [0.4, 0.5) is 0 Å². The Morgan fingerprint density at radius 1 is 1.13 bits per heavy atom. The number of hydrogen-bond donors (Lipinski definition) is 1. The highest BCUT2D eigenvalue weighted by Crippen LogP contribution is 2.42. The Balaban J connectivity index is 2.12. The molecule has 23 heavy (non-hydrogen) atoms. The van der Waals surface area contributed by atoms with E-state index in [4.69, 9.17) is 16.3 Å². The average Bonchev–Trinajstić information content (AvgIpc) is 3.01. The van der Waals surface area contributed by atoms with Crippen molar-refractivity contribution >= 4 is 29.3 Å². The number of carbonyl (C=O) groups excluding carboxylic acids is 1. The Morgan fingerprint density at radius 3 is 2.17 bits per heavy atom. The number of ether oxygens (including phenoxy) is 1. The summed E-state index contributed by atoms with van der Waals surface area (Å²) in [6.07, 6.45) is 2.48. The summed E-state index contributed by atoms with van der Waals surface area (Å²) >= 11 is 7.59. The van der Waals surface area contributed by atoms with Crippen LogP contribution in [0.15, 0.2) is 53.4 Å². The van der Waals surface area contributed by atoms with Crippen LogP contribution in [0.1, 0.15) is 17.5 Å². The second-order valence-electron chi connectivity index (χ2n) is 5.51. The van der Waals surface area contributed by atoms with E-state index in [-0.39, 0.29) is 5.97 Å². The van der Waals surface area contributed by atoms with Gasteiger partial charge in [0.15, 0.2) is 0 Å². The minimum absolute atomic E-state index is 0.336. The van der Waals surface area contributed by atoms with Gasteiger partial charge in [0.25, 0.3) is 0 Å². The molecule has 0 spiro atoms. The van der Waals surface area contributed by atoms with E-state index in [1.54, 1.807) is 36.0 Å². The number of esters is 1. The van der Waals surface area contributed by atoms with Crippen molar-refractivity contribution in [2.75, 3.05) is 12.9 Å². The first kappa shape index (κ1) is 16.4. The lowest BCUT2D eigenvalue weighted by atomic mass is 9.75. The SMILES string of the molecule is CSc1ccc(C(O)(c2ccc(Cl)cc2)C2CCOC2=O)cc1. The third-order valence-corrected chi connectivity index (χ3v) is 5.25. The lowest BCUT2D eigenvalue weighted by Gasteiger charge is -2.33. The van der Waals surface area contributed by atoms with Crippen LogP contribution >= 0.6 is 23.4 Å². The van der Waals surface area contributed by atoms with Crippen LogP contribution in [0.3, 0.4) is 0 Å². The smallest absolute Gasteiger partial charge is 0.312 e. The van der Waals surface area contributed by atoms with Crippen molar-refractivity contribution in [3.63, 3.8) is 0 Å². The van der Waals surface area contributed by atoms with Gasteiger partial charge in [-0.15, -0.1) is 11.8 Å². The van der Waals surface area contributed by atoms with Gasteiger partial charge in [0.1, 0.15) is 5.60 Å². The highest BCUT2D eigenvalue weighted by Gasteiger charge is 2.47. The second-order valence-corrected chi connectivity index (χ2v) is 6.83. The fourth-order valence-corrected chi connectivity index (χ4v) is 3.53. The van der Waals surface area contributed by atoms with Gasteiger partial charge in [0.05, 0.1) is 12.5 Å². The number of halogens is 1. The zero-order valence-electron chi connectivity index (χ0n) is 12.7. The summed E-state index contributed by atoms with van der Waals surface area (Å²) in [4.78, 5) is 13.2.